The van der Waals surface area contributed by atoms with Crippen LogP contribution >= 0.6 is 11.3 Å². The van der Waals surface area contributed by atoms with Gasteiger partial charge in [-0.2, -0.15) is 5.26 Å². The summed E-state index contributed by atoms with van der Waals surface area (Å²) in [5.41, 5.74) is 16.3. The van der Waals surface area contributed by atoms with Gasteiger partial charge in [0, 0.05) is 39.5 Å². The molecule has 3 heterocycles. The lowest BCUT2D eigenvalue weighted by Gasteiger charge is -2.13. The molecule has 0 atom stereocenters. The first kappa shape index (κ1) is 27.0. The van der Waals surface area contributed by atoms with E-state index < -0.39 is 11.8 Å². The maximum atomic E-state index is 12.6. The van der Waals surface area contributed by atoms with E-state index in [1.54, 1.807) is 36.5 Å². The van der Waals surface area contributed by atoms with Crippen molar-refractivity contribution in [2.45, 2.75) is 13.8 Å². The van der Waals surface area contributed by atoms with Gasteiger partial charge in [0.15, 0.2) is 0 Å². The van der Waals surface area contributed by atoms with Crippen LogP contribution in [0.15, 0.2) is 73.1 Å². The van der Waals surface area contributed by atoms with E-state index in [-0.39, 0.29) is 23.0 Å². The van der Waals surface area contributed by atoms with Crippen molar-refractivity contribution < 1.29 is 14.3 Å². The molecule has 0 bridgehead atoms. The van der Waals surface area contributed by atoms with Crippen molar-refractivity contribution in [1.29, 1.82) is 5.26 Å². The lowest BCUT2D eigenvalue weighted by Crippen LogP contribution is -2.13. The molecule has 0 aliphatic rings. The highest BCUT2D eigenvalue weighted by atomic mass is 32.1. The zero-order valence-electron chi connectivity index (χ0n) is 22.1. The molecule has 2 aromatic carbocycles. The molecule has 0 spiro atoms. The molecule has 0 radical (unpaired) electrons. The Bertz CT molecular complexity index is 1910. The molecule has 41 heavy (non-hydrogen) atoms. The Kier molecular flexibility index (Phi) is 7.16. The van der Waals surface area contributed by atoms with Gasteiger partial charge in [-0.05, 0) is 49.2 Å². The van der Waals surface area contributed by atoms with E-state index in [0.29, 0.717) is 37.5 Å². The quantitative estimate of drug-likeness (QED) is 0.172. The van der Waals surface area contributed by atoms with Crippen LogP contribution in [0.2, 0.25) is 0 Å². The Labute approximate surface area is 239 Å². The van der Waals surface area contributed by atoms with Gasteiger partial charge in [0.05, 0.1) is 16.0 Å². The fourth-order valence-corrected chi connectivity index (χ4v) is 5.63. The van der Waals surface area contributed by atoms with Crippen LogP contribution in [-0.4, -0.2) is 26.8 Å². The number of primary amides is 1. The van der Waals surface area contributed by atoms with Crippen LogP contribution < -0.4 is 21.5 Å². The summed E-state index contributed by atoms with van der Waals surface area (Å²) in [5, 5.41) is 12.5. The number of fused-ring (bicyclic) bond motifs is 1. The van der Waals surface area contributed by atoms with Crippen LogP contribution in [0.4, 0.5) is 11.5 Å². The number of anilines is 2. The van der Waals surface area contributed by atoms with E-state index in [4.69, 9.17) is 21.5 Å². The summed E-state index contributed by atoms with van der Waals surface area (Å²) < 4.78 is 6.38. The number of hydrogen-bond acceptors (Lipinski definition) is 9. The van der Waals surface area contributed by atoms with Crippen molar-refractivity contribution in [3.05, 3.63) is 89.9 Å². The first-order valence-electron chi connectivity index (χ1n) is 12.3. The molecule has 5 aromatic rings. The molecule has 202 valence electrons. The molecule has 5 rings (SSSR count). The highest BCUT2D eigenvalue weighted by Crippen LogP contribution is 2.49. The molecule has 11 heteroatoms. The minimum atomic E-state index is -0.647. The number of hydrogen-bond donors (Lipinski definition) is 3. The van der Waals surface area contributed by atoms with Gasteiger partial charge in [-0.25, -0.2) is 15.0 Å². The third-order valence-electron chi connectivity index (χ3n) is 6.21. The monoisotopic (exact) mass is 561 g/mol. The van der Waals surface area contributed by atoms with Crippen molar-refractivity contribution in [2.24, 2.45) is 5.73 Å². The minimum absolute atomic E-state index is 0.214. The average Bonchev–Trinajstić information content (AvgIpc) is 3.34. The highest BCUT2D eigenvalue weighted by Gasteiger charge is 2.24. The maximum absolute atomic E-state index is 12.6. The van der Waals surface area contributed by atoms with Gasteiger partial charge < -0.3 is 21.5 Å². The number of amides is 2. The Morgan fingerprint density at radius 2 is 1.85 bits per heavy atom. The van der Waals surface area contributed by atoms with Crippen molar-refractivity contribution >= 4 is 44.7 Å². The molecule has 0 saturated carbocycles. The smallest absolute Gasteiger partial charge is 0.322 e. The Morgan fingerprint density at radius 3 is 2.54 bits per heavy atom. The van der Waals surface area contributed by atoms with Gasteiger partial charge >= 0.3 is 6.01 Å². The standard InChI is InChI=1S/C30H23N7O3S/c1-15-4-9-20(22(12-15)37-29(39)16(2)13-31)25-23(24-26(41-25)21(28(33)38)14-35-27(24)32)18-5-7-19(8-6-18)40-30-34-11-10-17(3)36-30/h4-12,14H,2H2,1,3H3,(H2,32,35)(H2,33,38)(H,37,39). The first-order chi connectivity index (χ1) is 19.7. The van der Waals surface area contributed by atoms with Crippen LogP contribution in [0.25, 0.3) is 31.7 Å². The zero-order chi connectivity index (χ0) is 29.3. The number of thiophene rings is 1. The molecule has 3 aromatic heterocycles. The van der Waals surface area contributed by atoms with Crippen LogP contribution in [0.1, 0.15) is 21.6 Å². The number of nitrogens with two attached hydrogens (primary N) is 2. The Balaban J connectivity index is 1.71. The molecule has 2 amide bonds. The molecule has 0 unspecified atom stereocenters. The van der Waals surface area contributed by atoms with E-state index in [1.165, 1.54) is 17.5 Å². The number of carbonyl (C=O) groups excluding carboxylic acids is 2. The number of benzene rings is 2. The number of aromatic nitrogens is 3. The van der Waals surface area contributed by atoms with E-state index >= 15 is 0 Å². The van der Waals surface area contributed by atoms with Crippen molar-refractivity contribution in [2.75, 3.05) is 11.1 Å². The predicted molar refractivity (Wildman–Crippen MR) is 158 cm³/mol. The predicted octanol–water partition coefficient (Wildman–Crippen LogP) is 5.53. The topological polar surface area (TPSA) is 170 Å². The van der Waals surface area contributed by atoms with Crippen LogP contribution in [-0.2, 0) is 4.79 Å². The molecular weight excluding hydrogens is 538 g/mol. The number of nitriles is 1. The van der Waals surface area contributed by atoms with Crippen molar-refractivity contribution in [1.82, 2.24) is 15.0 Å². The summed E-state index contributed by atoms with van der Waals surface area (Å²) in [4.78, 5) is 38.3. The van der Waals surface area contributed by atoms with Gasteiger partial charge in [0.25, 0.3) is 11.8 Å². The second-order valence-electron chi connectivity index (χ2n) is 9.13. The fraction of sp³-hybridized carbons (Fsp3) is 0.0667. The molecule has 10 nitrogen and oxygen atoms in total. The number of nitrogens with zero attached hydrogens (tertiary/aromatic N) is 4. The van der Waals surface area contributed by atoms with Crippen molar-refractivity contribution in [3.8, 4) is 39.4 Å². The van der Waals surface area contributed by atoms with Crippen LogP contribution in [0.5, 0.6) is 11.8 Å². The van der Waals surface area contributed by atoms with Gasteiger partial charge in [0.1, 0.15) is 23.2 Å². The van der Waals surface area contributed by atoms with Gasteiger partial charge in [-0.3, -0.25) is 9.59 Å². The maximum Gasteiger partial charge on any atom is 0.322 e. The zero-order valence-corrected chi connectivity index (χ0v) is 22.9. The third kappa shape index (κ3) is 5.32. The summed E-state index contributed by atoms with van der Waals surface area (Å²) >= 11 is 1.30. The van der Waals surface area contributed by atoms with E-state index in [9.17, 15) is 9.59 Å². The van der Waals surface area contributed by atoms with Crippen molar-refractivity contribution in [3.63, 3.8) is 0 Å². The molecule has 0 aliphatic heterocycles. The second-order valence-corrected chi connectivity index (χ2v) is 10.2. The SMILES string of the molecule is C=C(C#N)C(=O)Nc1cc(C)ccc1-c1sc2c(C(N)=O)cnc(N)c2c1-c1ccc(Oc2nccc(C)n2)cc1. The molecule has 0 saturated heterocycles. The Morgan fingerprint density at radius 1 is 1.10 bits per heavy atom. The summed E-state index contributed by atoms with van der Waals surface area (Å²) in [6.07, 6.45) is 2.98. The fourth-order valence-electron chi connectivity index (χ4n) is 4.24. The minimum Gasteiger partial charge on any atom is -0.424 e. The third-order valence-corrected chi connectivity index (χ3v) is 7.47. The summed E-state index contributed by atoms with van der Waals surface area (Å²) in [6, 6.07) is 16.5. The molecule has 0 fully saturated rings. The second kappa shape index (κ2) is 10.9. The Hall–Kier alpha value is -5.60. The molecule has 5 N–H and O–H groups in total. The van der Waals surface area contributed by atoms with Gasteiger partial charge in [0.2, 0.25) is 0 Å². The number of ether oxygens (including phenoxy) is 1. The lowest BCUT2D eigenvalue weighted by atomic mass is 9.97. The molecule has 0 aliphatic carbocycles. The van der Waals surface area contributed by atoms with Crippen LogP contribution in [0.3, 0.4) is 0 Å². The average molecular weight is 562 g/mol. The number of pyridine rings is 1. The van der Waals surface area contributed by atoms with E-state index in [2.05, 4.69) is 26.8 Å². The molecular formula is C30H23N7O3S. The van der Waals surface area contributed by atoms with E-state index in [0.717, 1.165) is 16.8 Å². The number of carbonyl (C=O) groups is 2. The normalized spacial score (nSPS) is 10.7. The van der Waals surface area contributed by atoms with Gasteiger partial charge in [-0.15, -0.1) is 11.3 Å². The van der Waals surface area contributed by atoms with Gasteiger partial charge in [-0.1, -0.05) is 30.8 Å². The number of aryl methyl sites for hydroxylation is 2. The lowest BCUT2D eigenvalue weighted by molar-refractivity contribution is -0.112. The van der Waals surface area contributed by atoms with E-state index in [1.807, 2.05) is 38.1 Å². The summed E-state index contributed by atoms with van der Waals surface area (Å²) in [5.74, 6) is -0.540. The first-order valence-corrected chi connectivity index (χ1v) is 13.1. The number of nitrogens with one attached hydrogen (secondary N) is 1. The highest BCUT2D eigenvalue weighted by molar-refractivity contribution is 7.23. The summed E-state index contributed by atoms with van der Waals surface area (Å²) in [7, 11) is 0. The van der Waals surface area contributed by atoms with Crippen LogP contribution in [0, 0.1) is 25.2 Å². The largest absolute Gasteiger partial charge is 0.424 e. The number of nitrogen functional groups attached to an aromatic ring is 1. The number of rotatable bonds is 7. The summed E-state index contributed by atoms with van der Waals surface area (Å²) in [6.45, 7) is 7.24.